The summed E-state index contributed by atoms with van der Waals surface area (Å²) < 4.78 is 0.968. The van der Waals surface area contributed by atoms with E-state index in [0.29, 0.717) is 29.3 Å². The van der Waals surface area contributed by atoms with Gasteiger partial charge < -0.3 is 15.5 Å². The van der Waals surface area contributed by atoms with Crippen molar-refractivity contribution in [2.45, 2.75) is 49.6 Å². The molecule has 1 heterocycles. The smallest absolute Gasteiger partial charge is 0.243 e. The summed E-state index contributed by atoms with van der Waals surface area (Å²) in [5.74, 6) is -0.311. The fourth-order valence-corrected chi connectivity index (χ4v) is 5.42. The van der Waals surface area contributed by atoms with Gasteiger partial charge in [0.25, 0.3) is 0 Å². The van der Waals surface area contributed by atoms with Crippen LogP contribution in [0.4, 0.5) is 0 Å². The maximum Gasteiger partial charge on any atom is 0.243 e. The van der Waals surface area contributed by atoms with Gasteiger partial charge in [-0.1, -0.05) is 57.3 Å². The van der Waals surface area contributed by atoms with Gasteiger partial charge in [-0.3, -0.25) is 9.59 Å². The monoisotopic (exact) mass is 551 g/mol. The van der Waals surface area contributed by atoms with Crippen molar-refractivity contribution < 1.29 is 9.59 Å². The van der Waals surface area contributed by atoms with Crippen LogP contribution < -0.4 is 10.6 Å². The molecule has 1 aliphatic heterocycles. The van der Waals surface area contributed by atoms with Crippen LogP contribution in [0.5, 0.6) is 0 Å². The number of piperidine rings is 1. The number of carbonyl (C=O) groups excluding carboxylic acids is 2. The predicted molar refractivity (Wildman–Crippen MR) is 136 cm³/mol. The number of amides is 2. The van der Waals surface area contributed by atoms with Gasteiger partial charge in [-0.15, -0.1) is 0 Å². The van der Waals surface area contributed by atoms with E-state index < -0.39 is 11.5 Å². The SMILES string of the molecule is CN1CCCC(NC(=O)C(Cc2ccc(Br)cc2)NC(=O)C2(c3ccc(Cl)cc3Cl)CC2)C1. The first-order chi connectivity index (χ1) is 15.8. The molecule has 0 radical (unpaired) electrons. The predicted octanol–water partition coefficient (Wildman–Crippen LogP) is 4.73. The van der Waals surface area contributed by atoms with Gasteiger partial charge in [0.05, 0.1) is 5.41 Å². The van der Waals surface area contributed by atoms with E-state index >= 15 is 0 Å². The number of halogens is 3. The lowest BCUT2D eigenvalue weighted by atomic mass is 9.93. The molecule has 5 nitrogen and oxygen atoms in total. The van der Waals surface area contributed by atoms with Crippen LogP contribution in [0.1, 0.15) is 36.8 Å². The van der Waals surface area contributed by atoms with Gasteiger partial charge in [-0.2, -0.15) is 0 Å². The molecule has 2 atom stereocenters. The van der Waals surface area contributed by atoms with Crippen molar-refractivity contribution in [3.63, 3.8) is 0 Å². The molecule has 2 fully saturated rings. The molecule has 0 spiro atoms. The van der Waals surface area contributed by atoms with Crippen LogP contribution in [0, 0.1) is 0 Å². The molecule has 2 aromatic rings. The van der Waals surface area contributed by atoms with E-state index in [0.717, 1.165) is 41.5 Å². The standard InChI is InChI=1S/C25H28BrCl2N3O2/c1-31-12-2-3-19(15-31)29-23(32)22(13-16-4-6-17(26)7-5-16)30-24(33)25(10-11-25)20-9-8-18(27)14-21(20)28/h4-9,14,19,22H,2-3,10-13,15H2,1H3,(H,29,32)(H,30,33). The Hall–Kier alpha value is -1.60. The summed E-state index contributed by atoms with van der Waals surface area (Å²) in [7, 11) is 2.06. The van der Waals surface area contributed by atoms with Crippen molar-refractivity contribution in [1.82, 2.24) is 15.5 Å². The Morgan fingerprint density at radius 3 is 2.55 bits per heavy atom. The summed E-state index contributed by atoms with van der Waals surface area (Å²) in [6.07, 6.45) is 3.79. The fourth-order valence-electron chi connectivity index (χ4n) is 4.57. The zero-order valence-electron chi connectivity index (χ0n) is 18.5. The zero-order valence-corrected chi connectivity index (χ0v) is 21.6. The minimum atomic E-state index is -0.703. The van der Waals surface area contributed by atoms with Crippen LogP contribution in [0.25, 0.3) is 0 Å². The number of rotatable bonds is 7. The molecule has 33 heavy (non-hydrogen) atoms. The quantitative estimate of drug-likeness (QED) is 0.522. The van der Waals surface area contributed by atoms with Crippen LogP contribution in [0.15, 0.2) is 46.9 Å². The molecule has 2 aromatic carbocycles. The van der Waals surface area contributed by atoms with E-state index in [1.165, 1.54) is 0 Å². The molecule has 4 rings (SSSR count). The van der Waals surface area contributed by atoms with Crippen molar-refractivity contribution in [1.29, 1.82) is 0 Å². The van der Waals surface area contributed by atoms with Crippen molar-refractivity contribution in [3.8, 4) is 0 Å². The summed E-state index contributed by atoms with van der Waals surface area (Å²) in [6, 6.07) is 12.5. The normalized spacial score (nSPS) is 20.7. The van der Waals surface area contributed by atoms with Crippen molar-refractivity contribution in [3.05, 3.63) is 68.1 Å². The lowest BCUT2D eigenvalue weighted by Crippen LogP contribution is -2.55. The van der Waals surface area contributed by atoms with Crippen LogP contribution in [0.3, 0.4) is 0 Å². The van der Waals surface area contributed by atoms with Gasteiger partial charge in [0.1, 0.15) is 6.04 Å². The van der Waals surface area contributed by atoms with E-state index in [1.807, 2.05) is 30.3 Å². The van der Waals surface area contributed by atoms with Gasteiger partial charge in [-0.05, 0) is 74.7 Å². The number of benzene rings is 2. The molecular formula is C25H28BrCl2N3O2. The fraction of sp³-hybridized carbons (Fsp3) is 0.440. The Bertz CT molecular complexity index is 1030. The minimum Gasteiger partial charge on any atom is -0.350 e. The second-order valence-corrected chi connectivity index (χ2v) is 10.9. The Balaban J connectivity index is 1.52. The Labute approximate surface area is 213 Å². The highest BCUT2D eigenvalue weighted by molar-refractivity contribution is 9.10. The highest BCUT2D eigenvalue weighted by Crippen LogP contribution is 2.51. The summed E-state index contributed by atoms with van der Waals surface area (Å²) in [5, 5.41) is 7.24. The molecule has 1 aliphatic carbocycles. The molecule has 1 saturated carbocycles. The number of nitrogens with zero attached hydrogens (tertiary/aromatic N) is 1. The van der Waals surface area contributed by atoms with E-state index in [1.54, 1.807) is 12.1 Å². The van der Waals surface area contributed by atoms with Gasteiger partial charge in [0.15, 0.2) is 0 Å². The zero-order chi connectivity index (χ0) is 23.6. The van der Waals surface area contributed by atoms with Crippen molar-refractivity contribution >= 4 is 50.9 Å². The van der Waals surface area contributed by atoms with Gasteiger partial charge >= 0.3 is 0 Å². The summed E-state index contributed by atoms with van der Waals surface area (Å²) in [6.45, 7) is 1.85. The number of carbonyl (C=O) groups is 2. The van der Waals surface area contributed by atoms with E-state index in [9.17, 15) is 9.59 Å². The highest BCUT2D eigenvalue weighted by Gasteiger charge is 2.53. The van der Waals surface area contributed by atoms with Gasteiger partial charge in [0, 0.05) is 33.5 Å². The van der Waals surface area contributed by atoms with Crippen LogP contribution in [0.2, 0.25) is 10.0 Å². The van der Waals surface area contributed by atoms with Crippen LogP contribution >= 0.6 is 39.1 Å². The van der Waals surface area contributed by atoms with Gasteiger partial charge in [0.2, 0.25) is 11.8 Å². The van der Waals surface area contributed by atoms with Crippen LogP contribution in [-0.4, -0.2) is 48.9 Å². The molecule has 1 saturated heterocycles. The van der Waals surface area contributed by atoms with Gasteiger partial charge in [-0.25, -0.2) is 0 Å². The lowest BCUT2D eigenvalue weighted by Gasteiger charge is -2.32. The maximum atomic E-state index is 13.5. The summed E-state index contributed by atoms with van der Waals surface area (Å²) >= 11 is 15.9. The number of hydrogen-bond donors (Lipinski definition) is 2. The third-order valence-corrected chi connectivity index (χ3v) is 7.65. The highest BCUT2D eigenvalue weighted by atomic mass is 79.9. The topological polar surface area (TPSA) is 61.4 Å². The minimum absolute atomic E-state index is 0.0844. The number of likely N-dealkylation sites (N-methyl/N-ethyl adjacent to an activating group) is 1. The second-order valence-electron chi connectivity index (χ2n) is 9.17. The Kier molecular flexibility index (Phi) is 7.69. The van der Waals surface area contributed by atoms with Crippen molar-refractivity contribution in [2.75, 3.05) is 20.1 Å². The summed E-state index contributed by atoms with van der Waals surface area (Å²) in [4.78, 5) is 29.0. The molecule has 8 heteroatoms. The summed E-state index contributed by atoms with van der Waals surface area (Å²) in [5.41, 5.74) is 1.04. The first kappa shape index (κ1) is 24.5. The molecule has 176 valence electrons. The largest absolute Gasteiger partial charge is 0.350 e. The molecule has 0 bridgehead atoms. The van der Waals surface area contributed by atoms with Crippen molar-refractivity contribution in [2.24, 2.45) is 0 Å². The third kappa shape index (κ3) is 5.91. The number of hydrogen-bond acceptors (Lipinski definition) is 3. The molecule has 2 aliphatic rings. The number of likely N-dealkylation sites (tertiary alicyclic amines) is 1. The second kappa shape index (κ2) is 10.3. The van der Waals surface area contributed by atoms with E-state index in [4.69, 9.17) is 23.2 Å². The van der Waals surface area contributed by atoms with E-state index in [2.05, 4.69) is 38.5 Å². The molecule has 2 amide bonds. The first-order valence-electron chi connectivity index (χ1n) is 11.3. The average Bonchev–Trinajstić information content (AvgIpc) is 3.56. The molecule has 2 unspecified atom stereocenters. The van der Waals surface area contributed by atoms with Crippen LogP contribution in [-0.2, 0) is 21.4 Å². The Morgan fingerprint density at radius 2 is 1.91 bits per heavy atom. The maximum absolute atomic E-state index is 13.5. The molecular weight excluding hydrogens is 525 g/mol. The number of nitrogens with one attached hydrogen (secondary N) is 2. The Morgan fingerprint density at radius 1 is 1.18 bits per heavy atom. The third-order valence-electron chi connectivity index (χ3n) is 6.58. The lowest BCUT2D eigenvalue weighted by molar-refractivity contribution is -0.130. The molecule has 0 aromatic heterocycles. The average molecular weight is 553 g/mol. The molecule has 2 N–H and O–H groups in total. The van der Waals surface area contributed by atoms with E-state index in [-0.39, 0.29) is 17.9 Å². The first-order valence-corrected chi connectivity index (χ1v) is 12.8.